The van der Waals surface area contributed by atoms with E-state index in [0.717, 1.165) is 4.47 Å². The monoisotopic (exact) mass is 375 g/mol. The van der Waals surface area contributed by atoms with Crippen molar-refractivity contribution in [3.05, 3.63) is 55.4 Å². The summed E-state index contributed by atoms with van der Waals surface area (Å²) in [5.41, 5.74) is 0.386. The molecule has 0 N–H and O–H groups in total. The third kappa shape index (κ3) is 3.34. The highest BCUT2D eigenvalue weighted by Crippen LogP contribution is 2.37. The number of rotatable bonds is 2. The molecule has 0 unspecified atom stereocenters. The van der Waals surface area contributed by atoms with E-state index in [1.165, 1.54) is 12.1 Å². The first-order chi connectivity index (χ1) is 9.01. The van der Waals surface area contributed by atoms with Crippen LogP contribution in [-0.2, 0) is 0 Å². The zero-order chi connectivity index (χ0) is 14.0. The molecule has 0 heterocycles. The van der Waals surface area contributed by atoms with Crippen molar-refractivity contribution in [2.24, 2.45) is 0 Å². The minimum absolute atomic E-state index is 0.321. The van der Waals surface area contributed by atoms with E-state index in [-0.39, 0.29) is 0 Å². The Labute approximate surface area is 133 Å². The van der Waals surface area contributed by atoms with Gasteiger partial charge in [-0.25, -0.2) is 0 Å². The lowest BCUT2D eigenvalue weighted by Gasteiger charge is -2.10. The Morgan fingerprint density at radius 2 is 1.63 bits per heavy atom. The summed E-state index contributed by atoms with van der Waals surface area (Å²) >= 11 is 21.1. The summed E-state index contributed by atoms with van der Waals surface area (Å²) in [6.45, 7) is 0. The first-order valence-electron chi connectivity index (χ1n) is 5.03. The fraction of sp³-hybridized carbons (Fsp3) is 0. The quantitative estimate of drug-likeness (QED) is 0.595. The minimum atomic E-state index is 0.321. The van der Waals surface area contributed by atoms with Crippen LogP contribution >= 0.6 is 50.7 Å². The third-order valence-corrected chi connectivity index (χ3v) is 3.77. The normalized spacial score (nSPS) is 10.1. The van der Waals surface area contributed by atoms with Crippen LogP contribution in [0.25, 0.3) is 0 Å². The molecule has 0 amide bonds. The van der Waals surface area contributed by atoms with Gasteiger partial charge in [0.2, 0.25) is 0 Å². The van der Waals surface area contributed by atoms with Gasteiger partial charge in [0.15, 0.2) is 0 Å². The van der Waals surface area contributed by atoms with Crippen molar-refractivity contribution in [1.29, 1.82) is 5.26 Å². The van der Waals surface area contributed by atoms with Gasteiger partial charge in [-0.3, -0.25) is 0 Å². The molecule has 96 valence electrons. The molecule has 0 radical (unpaired) electrons. The molecule has 6 heteroatoms. The molecule has 0 spiro atoms. The van der Waals surface area contributed by atoms with E-state index in [0.29, 0.717) is 32.1 Å². The zero-order valence-electron chi connectivity index (χ0n) is 9.25. The van der Waals surface area contributed by atoms with Crippen molar-refractivity contribution in [1.82, 2.24) is 0 Å². The number of nitrogens with zero attached hydrogens (tertiary/aromatic N) is 1. The van der Waals surface area contributed by atoms with Gasteiger partial charge in [-0.2, -0.15) is 5.26 Å². The predicted molar refractivity (Wildman–Crippen MR) is 80.4 cm³/mol. The Morgan fingerprint density at radius 3 is 2.32 bits per heavy atom. The van der Waals surface area contributed by atoms with E-state index in [2.05, 4.69) is 15.9 Å². The van der Waals surface area contributed by atoms with E-state index < -0.39 is 0 Å². The molecule has 0 saturated carbocycles. The van der Waals surface area contributed by atoms with Crippen molar-refractivity contribution in [3.63, 3.8) is 0 Å². The van der Waals surface area contributed by atoms with Gasteiger partial charge in [-0.15, -0.1) is 0 Å². The maximum atomic E-state index is 9.06. The van der Waals surface area contributed by atoms with Crippen LogP contribution in [0, 0.1) is 11.3 Å². The number of halogens is 4. The standard InChI is InChI=1S/C13H5BrCl3NO/c14-8-1-2-12(7(3-8)6-18)19-13-5-10(16)9(15)4-11(13)17/h1-5H. The van der Waals surface area contributed by atoms with Crippen LogP contribution in [0.4, 0.5) is 0 Å². The van der Waals surface area contributed by atoms with Gasteiger partial charge < -0.3 is 4.74 Å². The van der Waals surface area contributed by atoms with E-state index in [1.54, 1.807) is 18.2 Å². The van der Waals surface area contributed by atoms with Crippen LogP contribution in [0.3, 0.4) is 0 Å². The lowest BCUT2D eigenvalue weighted by molar-refractivity contribution is 0.481. The van der Waals surface area contributed by atoms with E-state index in [4.69, 9.17) is 44.8 Å². The molecular formula is C13H5BrCl3NO. The second kappa shape index (κ2) is 6.02. The second-order valence-corrected chi connectivity index (χ2v) is 5.69. The predicted octanol–water partition coefficient (Wildman–Crippen LogP) is 6.07. The van der Waals surface area contributed by atoms with Crippen molar-refractivity contribution in [3.8, 4) is 17.6 Å². The Hall–Kier alpha value is -0.920. The van der Waals surface area contributed by atoms with Gasteiger partial charge in [0, 0.05) is 10.5 Å². The average molecular weight is 377 g/mol. The molecule has 0 bridgehead atoms. The topological polar surface area (TPSA) is 33.0 Å². The van der Waals surface area contributed by atoms with Crippen LogP contribution in [0.15, 0.2) is 34.8 Å². The smallest absolute Gasteiger partial charge is 0.147 e. The molecule has 0 aliphatic rings. The van der Waals surface area contributed by atoms with Gasteiger partial charge >= 0.3 is 0 Å². The molecule has 2 nitrogen and oxygen atoms in total. The van der Waals surface area contributed by atoms with E-state index in [9.17, 15) is 0 Å². The third-order valence-electron chi connectivity index (χ3n) is 2.26. The van der Waals surface area contributed by atoms with Crippen LogP contribution in [-0.4, -0.2) is 0 Å². The largest absolute Gasteiger partial charge is 0.454 e. The SMILES string of the molecule is N#Cc1cc(Br)ccc1Oc1cc(Cl)c(Cl)cc1Cl. The molecule has 2 rings (SSSR count). The number of hydrogen-bond donors (Lipinski definition) is 0. The van der Waals surface area contributed by atoms with Gasteiger partial charge in [0.25, 0.3) is 0 Å². The van der Waals surface area contributed by atoms with Gasteiger partial charge in [0.1, 0.15) is 17.6 Å². The lowest BCUT2D eigenvalue weighted by Crippen LogP contribution is -1.89. The van der Waals surface area contributed by atoms with Crippen molar-refractivity contribution >= 4 is 50.7 Å². The van der Waals surface area contributed by atoms with Crippen LogP contribution in [0.1, 0.15) is 5.56 Å². The van der Waals surface area contributed by atoms with E-state index in [1.807, 2.05) is 6.07 Å². The van der Waals surface area contributed by atoms with E-state index >= 15 is 0 Å². The van der Waals surface area contributed by atoms with Crippen molar-refractivity contribution < 1.29 is 4.74 Å². The molecule has 0 aromatic heterocycles. The molecule has 2 aromatic carbocycles. The first kappa shape index (κ1) is 14.5. The van der Waals surface area contributed by atoms with Crippen molar-refractivity contribution in [2.45, 2.75) is 0 Å². The summed E-state index contributed by atoms with van der Waals surface area (Å²) < 4.78 is 6.39. The summed E-state index contributed by atoms with van der Waals surface area (Å²) in [4.78, 5) is 0. The summed E-state index contributed by atoms with van der Waals surface area (Å²) in [6.07, 6.45) is 0. The van der Waals surface area contributed by atoms with Crippen LogP contribution in [0.2, 0.25) is 15.1 Å². The highest BCUT2D eigenvalue weighted by molar-refractivity contribution is 9.10. The molecular weight excluding hydrogens is 372 g/mol. The minimum Gasteiger partial charge on any atom is -0.454 e. The molecule has 2 aromatic rings. The van der Waals surface area contributed by atoms with Gasteiger partial charge in [0.05, 0.1) is 20.6 Å². The molecule has 0 atom stereocenters. The lowest BCUT2D eigenvalue weighted by atomic mass is 10.2. The fourth-order valence-corrected chi connectivity index (χ4v) is 2.32. The Kier molecular flexibility index (Phi) is 4.59. The number of benzene rings is 2. The Morgan fingerprint density at radius 1 is 0.947 bits per heavy atom. The Bertz CT molecular complexity index is 682. The summed E-state index contributed by atoms with van der Waals surface area (Å²) in [5, 5.41) is 10.1. The molecule has 0 aliphatic carbocycles. The average Bonchev–Trinajstić information content (AvgIpc) is 2.37. The van der Waals surface area contributed by atoms with Gasteiger partial charge in [-0.1, -0.05) is 50.7 Å². The maximum Gasteiger partial charge on any atom is 0.147 e. The summed E-state index contributed by atoms with van der Waals surface area (Å²) in [5.74, 6) is 0.737. The molecule has 0 saturated heterocycles. The highest BCUT2D eigenvalue weighted by atomic mass is 79.9. The molecule has 19 heavy (non-hydrogen) atoms. The number of ether oxygens (including phenoxy) is 1. The van der Waals surface area contributed by atoms with Crippen LogP contribution < -0.4 is 4.74 Å². The fourth-order valence-electron chi connectivity index (χ4n) is 1.38. The van der Waals surface area contributed by atoms with Gasteiger partial charge in [-0.05, 0) is 24.3 Å². The first-order valence-corrected chi connectivity index (χ1v) is 6.96. The second-order valence-electron chi connectivity index (χ2n) is 3.55. The maximum absolute atomic E-state index is 9.06. The number of nitriles is 1. The summed E-state index contributed by atoms with van der Waals surface area (Å²) in [6, 6.07) is 10.1. The zero-order valence-corrected chi connectivity index (χ0v) is 13.1. The number of hydrogen-bond acceptors (Lipinski definition) is 2. The highest BCUT2D eigenvalue weighted by Gasteiger charge is 2.11. The van der Waals surface area contributed by atoms with Crippen molar-refractivity contribution in [2.75, 3.05) is 0 Å². The van der Waals surface area contributed by atoms with Crippen LogP contribution in [0.5, 0.6) is 11.5 Å². The Balaban J connectivity index is 2.42. The molecule has 0 aliphatic heterocycles. The molecule has 0 fully saturated rings. The summed E-state index contributed by atoms with van der Waals surface area (Å²) in [7, 11) is 0.